The van der Waals surface area contributed by atoms with Crippen LogP contribution in [0.1, 0.15) is 123 Å². The lowest BCUT2D eigenvalue weighted by Gasteiger charge is -2.39. The number of aliphatic hydroxyl groups is 2. The molecule has 0 saturated carbocycles. The predicted molar refractivity (Wildman–Crippen MR) is 297 cm³/mol. The molecular formula is C61H82N6O11. The molecule has 2 amide bonds. The molecule has 9 atom stereocenters. The lowest BCUT2D eigenvalue weighted by atomic mass is 9.76. The molecule has 5 bridgehead atoms. The van der Waals surface area contributed by atoms with Gasteiger partial charge in [-0.1, -0.05) is 97.0 Å². The summed E-state index contributed by atoms with van der Waals surface area (Å²) in [4.78, 5) is 71.9. The summed E-state index contributed by atoms with van der Waals surface area (Å²) in [5.74, 6) is -7.98. The average molecular weight is 1080 g/mol. The minimum atomic E-state index is -1.97. The molecule has 17 heteroatoms. The maximum absolute atomic E-state index is 15.0. The third-order valence-electron chi connectivity index (χ3n) is 17.3. The van der Waals surface area contributed by atoms with Crippen molar-refractivity contribution in [3.63, 3.8) is 0 Å². The number of carbonyl (C=O) groups excluding carboxylic acids is 4. The van der Waals surface area contributed by atoms with Crippen LogP contribution >= 0.6 is 0 Å². The number of amides is 2. The van der Waals surface area contributed by atoms with Gasteiger partial charge in [-0.15, -0.1) is 0 Å². The molecule has 0 unspecified atom stereocenters. The van der Waals surface area contributed by atoms with E-state index in [1.54, 1.807) is 58.9 Å². The number of esters is 1. The Kier molecular flexibility index (Phi) is 17.0. The van der Waals surface area contributed by atoms with E-state index in [0.717, 1.165) is 39.0 Å². The van der Waals surface area contributed by atoms with Crippen LogP contribution in [0.2, 0.25) is 0 Å². The number of Topliss-reactive ketones (excluding diaryl/α,β-unsaturated/α-hetero) is 1. The molecule has 6 aliphatic heterocycles. The molecule has 17 nitrogen and oxygen atoms in total. The molecule has 422 valence electrons. The smallest absolute Gasteiger partial charge is 0.321 e. The Bertz CT molecular complexity index is 3010. The Morgan fingerprint density at radius 1 is 0.872 bits per heavy atom. The Hall–Kier alpha value is -6.14. The van der Waals surface area contributed by atoms with Gasteiger partial charge < -0.3 is 50.2 Å². The molecule has 3 aromatic carbocycles. The van der Waals surface area contributed by atoms with Gasteiger partial charge in [-0.3, -0.25) is 29.1 Å². The molecule has 2 saturated heterocycles. The monoisotopic (exact) mass is 1070 g/mol. The van der Waals surface area contributed by atoms with Crippen molar-refractivity contribution < 1.29 is 53.8 Å². The van der Waals surface area contributed by atoms with Crippen LogP contribution < -0.4 is 26.1 Å². The average Bonchev–Trinajstić information content (AvgIpc) is 4.15. The van der Waals surface area contributed by atoms with Gasteiger partial charge in [0.15, 0.2) is 5.75 Å². The maximum atomic E-state index is 15.0. The van der Waals surface area contributed by atoms with E-state index in [0.29, 0.717) is 37.5 Å². The lowest BCUT2D eigenvalue weighted by Crippen LogP contribution is -2.52. The normalized spacial score (nSPS) is 29.9. The first-order chi connectivity index (χ1) is 36.8. The van der Waals surface area contributed by atoms with E-state index in [9.17, 15) is 34.8 Å². The fraction of sp³-hybridized carbons (Fsp3) is 0.574. The number of allylic oxidation sites excluding steroid dienone is 3. The van der Waals surface area contributed by atoms with Crippen molar-refractivity contribution in [2.75, 3.05) is 38.0 Å². The number of nitrogens with one attached hydrogen (secondary N) is 2. The quantitative estimate of drug-likeness (QED) is 0.0747. The number of carbonyl (C=O) groups is 4. The van der Waals surface area contributed by atoms with Crippen molar-refractivity contribution in [3.8, 4) is 17.2 Å². The number of benzene rings is 3. The number of hydrogen-bond donors (Lipinski definition) is 6. The van der Waals surface area contributed by atoms with E-state index >= 15 is 4.79 Å². The molecule has 0 aromatic heterocycles. The molecular weight excluding hydrogens is 993 g/mol. The van der Waals surface area contributed by atoms with Crippen LogP contribution in [0.5, 0.6) is 17.2 Å². The number of fused-ring (bicyclic) bond motifs is 13. The summed E-state index contributed by atoms with van der Waals surface area (Å²) in [5.41, 5.74) is -0.562. The number of piperidine rings is 2. The molecule has 1 spiro atoms. The number of aromatic hydroxyl groups is 2. The fourth-order valence-electron chi connectivity index (χ4n) is 11.7. The summed E-state index contributed by atoms with van der Waals surface area (Å²) in [6.45, 7) is 25.7. The van der Waals surface area contributed by atoms with Gasteiger partial charge in [0.05, 0.1) is 35.1 Å². The van der Waals surface area contributed by atoms with Crippen molar-refractivity contribution in [3.05, 3.63) is 93.9 Å². The molecule has 6 heterocycles. The molecule has 0 aliphatic carbocycles. The zero-order valence-corrected chi connectivity index (χ0v) is 47.6. The van der Waals surface area contributed by atoms with Crippen molar-refractivity contribution in [1.29, 1.82) is 0 Å². The predicted octanol–water partition coefficient (Wildman–Crippen LogP) is 7.16. The molecule has 9 rings (SSSR count). The largest absolute Gasteiger partial charge is 0.507 e. The minimum absolute atomic E-state index is 0.0510. The third-order valence-corrected chi connectivity index (χ3v) is 17.3. The van der Waals surface area contributed by atoms with Crippen LogP contribution in [-0.2, 0) is 30.4 Å². The summed E-state index contributed by atoms with van der Waals surface area (Å²) < 4.78 is 19.1. The fourth-order valence-corrected chi connectivity index (χ4v) is 11.7. The second kappa shape index (κ2) is 22.9. The van der Waals surface area contributed by atoms with Gasteiger partial charge >= 0.3 is 11.8 Å². The van der Waals surface area contributed by atoms with Gasteiger partial charge in [-0.25, -0.2) is 4.99 Å². The number of rotatable bonds is 8. The highest BCUT2D eigenvalue weighted by atomic mass is 16.7. The van der Waals surface area contributed by atoms with Gasteiger partial charge in [0.2, 0.25) is 5.91 Å². The first-order valence-electron chi connectivity index (χ1n) is 27.9. The summed E-state index contributed by atoms with van der Waals surface area (Å²) in [6, 6.07) is 10.1. The molecule has 3 aromatic rings. The van der Waals surface area contributed by atoms with Crippen LogP contribution in [0.3, 0.4) is 0 Å². The molecule has 2 fully saturated rings. The highest BCUT2D eigenvalue weighted by Gasteiger charge is 2.51. The molecule has 6 aliphatic rings. The topological polar surface area (TPSA) is 232 Å². The van der Waals surface area contributed by atoms with Crippen molar-refractivity contribution >= 4 is 40.0 Å². The highest BCUT2D eigenvalue weighted by molar-refractivity contribution is 6.21. The van der Waals surface area contributed by atoms with E-state index in [2.05, 4.69) is 51.4 Å². The van der Waals surface area contributed by atoms with Gasteiger partial charge in [-0.2, -0.15) is 0 Å². The second-order valence-corrected chi connectivity index (χ2v) is 24.1. The Balaban J connectivity index is 1.12. The molecule has 6 N–H and O–H groups in total. The number of aliphatic hydroxyl groups excluding tert-OH is 2. The third kappa shape index (κ3) is 11.5. The first kappa shape index (κ1) is 58.0. The van der Waals surface area contributed by atoms with Gasteiger partial charge in [0.1, 0.15) is 39.4 Å². The van der Waals surface area contributed by atoms with Gasteiger partial charge in [0.25, 0.3) is 11.7 Å². The number of anilines is 1. The van der Waals surface area contributed by atoms with Crippen LogP contribution in [0, 0.1) is 47.8 Å². The minimum Gasteiger partial charge on any atom is -0.507 e. The van der Waals surface area contributed by atoms with E-state index in [1.807, 2.05) is 32.0 Å². The van der Waals surface area contributed by atoms with Gasteiger partial charge in [-0.05, 0) is 69.9 Å². The number of likely N-dealkylation sites (tertiary alicyclic amines) is 2. The summed E-state index contributed by atoms with van der Waals surface area (Å²) in [7, 11) is 0. The first-order valence-corrected chi connectivity index (χ1v) is 27.9. The second-order valence-electron chi connectivity index (χ2n) is 24.1. The van der Waals surface area contributed by atoms with E-state index < -0.39 is 94.1 Å². The Labute approximate surface area is 458 Å². The summed E-state index contributed by atoms with van der Waals surface area (Å²) in [6.07, 6.45) is 7.18. The van der Waals surface area contributed by atoms with E-state index in [-0.39, 0.29) is 55.7 Å². The number of nitrogens with zero attached hydrogens (tertiary/aromatic N) is 4. The van der Waals surface area contributed by atoms with Crippen LogP contribution in [-0.4, -0.2) is 122 Å². The number of hydrogen-bond acceptors (Lipinski definition) is 15. The van der Waals surface area contributed by atoms with E-state index in [1.165, 1.54) is 32.6 Å². The van der Waals surface area contributed by atoms with Crippen LogP contribution in [0.25, 0.3) is 10.8 Å². The van der Waals surface area contributed by atoms with Crippen LogP contribution in [0.15, 0.2) is 76.5 Å². The lowest BCUT2D eigenvalue weighted by molar-refractivity contribution is -0.173. The zero-order chi connectivity index (χ0) is 56.8. The summed E-state index contributed by atoms with van der Waals surface area (Å²) in [5, 5.41) is 54.9. The van der Waals surface area contributed by atoms with Gasteiger partial charge in [0, 0.05) is 99.4 Å². The summed E-state index contributed by atoms with van der Waals surface area (Å²) >= 11 is 0. The SMILES string of the molecule is C/C1=C/C=C/[C@H](C)[C@H](O)[C@@H](C)[C@@H](O)[C@@H](C)[C@H](OC(=O)C(C)(C)C(=O)NC2CCN(Cc3ccccc3)CC2)[C@H](C)[C@@H](C)/C=C/O[C@@]2(C)Oc3c(C)c(O)c4c(O)c(c5c(c4c3C2=O)NC2(CCN(CC(C)C)CC2)N=5)=NC1=O. The molecule has 0 radical (unpaired) electrons. The highest BCUT2D eigenvalue weighted by Crippen LogP contribution is 2.51. The van der Waals surface area contributed by atoms with Crippen molar-refractivity contribution in [1.82, 2.24) is 15.1 Å². The van der Waals surface area contributed by atoms with Crippen molar-refractivity contribution in [2.24, 2.45) is 50.9 Å². The Morgan fingerprint density at radius 2 is 1.54 bits per heavy atom. The standard InChI is InChI=1S/C61H82N6O11/c1-33(2)31-67-28-24-61(25-29-67)64-46-43-44-51(70)40(9)54-45(43)55(72)60(12,78-54)76-30-23-34(3)37(6)53(77-58(75)59(10,11)57(74)62-42-21-26-66(27-22-42)32-41-19-14-13-15-20-41)39(8)50(69)38(7)49(68)35(4)17-16-18-36(5)56(73)63-48(52(44)71)47(46)65-61/h13-20,23,30,33-35,37-39,42,49-50,53,64,68-71H,21-22,24-29,31-32H2,1-12H3,(H,62,74)/b17-16+,30-23+,36-18-,63-48?/t34-,35-,37+,38+,39+,49-,50+,53+,60-/m0/s1. The number of phenols is 2. The number of ketones is 1. The number of ether oxygens (including phenoxy) is 3. The molecule has 78 heavy (non-hydrogen) atoms. The van der Waals surface area contributed by atoms with E-state index in [4.69, 9.17) is 19.2 Å². The maximum Gasteiger partial charge on any atom is 0.321 e. The van der Waals surface area contributed by atoms with Crippen molar-refractivity contribution in [2.45, 2.75) is 151 Å². The zero-order valence-electron chi connectivity index (χ0n) is 47.6. The Morgan fingerprint density at radius 3 is 2.19 bits per heavy atom. The van der Waals surface area contributed by atoms with Crippen LogP contribution in [0.4, 0.5) is 5.69 Å². The number of phenolic OH excluding ortho intramolecular Hbond substituents is 2.